The number of amides is 1. The maximum Gasteiger partial charge on any atom is 0.225 e. The molecule has 0 saturated carbocycles. The maximum atomic E-state index is 14.4. The fourth-order valence-corrected chi connectivity index (χ4v) is 3.75. The van der Waals surface area contributed by atoms with Crippen molar-refractivity contribution in [3.05, 3.63) is 17.8 Å². The fraction of sp³-hybridized carbons (Fsp3) is 0.722. The molecule has 3 rings (SSSR count). The van der Waals surface area contributed by atoms with Crippen LogP contribution in [0.25, 0.3) is 0 Å². The molecule has 0 aromatic carbocycles. The van der Waals surface area contributed by atoms with Gasteiger partial charge in [0.1, 0.15) is 6.33 Å². The smallest absolute Gasteiger partial charge is 0.225 e. The minimum absolute atomic E-state index is 0.0786. The van der Waals surface area contributed by atoms with Crippen LogP contribution in [0.5, 0.6) is 0 Å². The third-order valence-electron chi connectivity index (χ3n) is 5.24. The fourth-order valence-electron chi connectivity index (χ4n) is 3.75. The average Bonchev–Trinajstić information content (AvgIpc) is 2.91. The van der Waals surface area contributed by atoms with E-state index < -0.39 is 0 Å². The Morgan fingerprint density at radius 1 is 1.12 bits per heavy atom. The Balaban J connectivity index is 1.60. The van der Waals surface area contributed by atoms with E-state index in [9.17, 15) is 9.18 Å². The average molecular weight is 334 g/mol. The van der Waals surface area contributed by atoms with Crippen LogP contribution in [0.2, 0.25) is 0 Å². The molecule has 2 aliphatic heterocycles. The molecule has 2 fully saturated rings. The molecule has 2 aliphatic rings. The molecule has 0 spiro atoms. The number of carbonyl (C=O) groups excluding carboxylic acids is 1. The van der Waals surface area contributed by atoms with E-state index in [0.717, 1.165) is 38.8 Å². The highest BCUT2D eigenvalue weighted by Gasteiger charge is 2.30. The number of hydrogen-bond acceptors (Lipinski definition) is 4. The molecule has 1 amide bonds. The van der Waals surface area contributed by atoms with Crippen LogP contribution in [0, 0.1) is 11.7 Å². The van der Waals surface area contributed by atoms with Gasteiger partial charge in [-0.25, -0.2) is 14.4 Å². The van der Waals surface area contributed by atoms with Crippen molar-refractivity contribution in [2.75, 3.05) is 31.1 Å². The van der Waals surface area contributed by atoms with Crippen molar-refractivity contribution in [3.63, 3.8) is 0 Å². The lowest BCUT2D eigenvalue weighted by Crippen LogP contribution is -2.43. The van der Waals surface area contributed by atoms with E-state index in [0.29, 0.717) is 36.9 Å². The Kier molecular flexibility index (Phi) is 5.63. The largest absolute Gasteiger partial charge is 0.354 e. The summed E-state index contributed by atoms with van der Waals surface area (Å²) in [5, 5.41) is 0. The molecule has 5 nitrogen and oxygen atoms in total. The summed E-state index contributed by atoms with van der Waals surface area (Å²) in [7, 11) is 0. The van der Waals surface area contributed by atoms with Crippen LogP contribution in [-0.4, -0.2) is 47.0 Å². The van der Waals surface area contributed by atoms with Crippen molar-refractivity contribution in [2.24, 2.45) is 5.92 Å². The molecule has 2 saturated heterocycles. The van der Waals surface area contributed by atoms with Gasteiger partial charge in [0, 0.05) is 32.1 Å². The lowest BCUT2D eigenvalue weighted by molar-refractivity contribution is -0.136. The molecule has 0 N–H and O–H groups in total. The highest BCUT2D eigenvalue weighted by Crippen LogP contribution is 2.26. The zero-order chi connectivity index (χ0) is 16.9. The van der Waals surface area contributed by atoms with E-state index in [1.807, 2.05) is 16.7 Å². The van der Waals surface area contributed by atoms with Crippen molar-refractivity contribution >= 4 is 11.7 Å². The lowest BCUT2D eigenvalue weighted by Gasteiger charge is -2.34. The van der Waals surface area contributed by atoms with Crippen molar-refractivity contribution in [3.8, 4) is 0 Å². The maximum absolute atomic E-state index is 14.4. The van der Waals surface area contributed by atoms with E-state index in [4.69, 9.17) is 0 Å². The van der Waals surface area contributed by atoms with Crippen molar-refractivity contribution in [1.29, 1.82) is 0 Å². The van der Waals surface area contributed by atoms with E-state index >= 15 is 0 Å². The van der Waals surface area contributed by atoms with Gasteiger partial charge in [0.25, 0.3) is 0 Å². The van der Waals surface area contributed by atoms with Gasteiger partial charge in [0.15, 0.2) is 11.6 Å². The Labute approximate surface area is 143 Å². The second kappa shape index (κ2) is 7.90. The number of aryl methyl sites for hydroxylation is 1. The summed E-state index contributed by atoms with van der Waals surface area (Å²) in [5.41, 5.74) is 0.461. The summed E-state index contributed by atoms with van der Waals surface area (Å²) in [6, 6.07) is 0. The summed E-state index contributed by atoms with van der Waals surface area (Å²) < 4.78 is 14.4. The highest BCUT2D eigenvalue weighted by atomic mass is 19.1. The number of aromatic nitrogens is 2. The monoisotopic (exact) mass is 334 g/mol. The van der Waals surface area contributed by atoms with Gasteiger partial charge in [0.2, 0.25) is 5.91 Å². The molecule has 0 unspecified atom stereocenters. The number of rotatable bonds is 3. The quantitative estimate of drug-likeness (QED) is 0.853. The van der Waals surface area contributed by atoms with Crippen LogP contribution in [0.3, 0.4) is 0 Å². The SMILES string of the molecule is CCc1ncnc(N2CCC(C(=O)N3CCCCCC3)CC2)c1F. The lowest BCUT2D eigenvalue weighted by atomic mass is 9.95. The summed E-state index contributed by atoms with van der Waals surface area (Å²) in [6.45, 7) is 5.06. The Morgan fingerprint density at radius 3 is 2.42 bits per heavy atom. The van der Waals surface area contributed by atoms with Gasteiger partial charge in [-0.1, -0.05) is 19.8 Å². The molecular weight excluding hydrogens is 307 g/mol. The molecule has 24 heavy (non-hydrogen) atoms. The van der Waals surface area contributed by atoms with Crippen LogP contribution in [0.1, 0.15) is 51.1 Å². The first-order valence-corrected chi connectivity index (χ1v) is 9.23. The van der Waals surface area contributed by atoms with Crippen LogP contribution in [0.4, 0.5) is 10.2 Å². The second-order valence-electron chi connectivity index (χ2n) is 6.81. The number of hydrogen-bond donors (Lipinski definition) is 0. The topological polar surface area (TPSA) is 49.3 Å². The van der Waals surface area contributed by atoms with E-state index in [-0.39, 0.29) is 11.7 Å². The third kappa shape index (κ3) is 3.68. The summed E-state index contributed by atoms with van der Waals surface area (Å²) >= 11 is 0. The predicted octanol–water partition coefficient (Wildman–Crippen LogP) is 2.80. The van der Waals surface area contributed by atoms with Gasteiger partial charge in [-0.3, -0.25) is 4.79 Å². The van der Waals surface area contributed by atoms with E-state index in [1.165, 1.54) is 19.2 Å². The summed E-state index contributed by atoms with van der Waals surface area (Å²) in [5.74, 6) is 0.462. The molecule has 0 radical (unpaired) electrons. The number of nitrogens with zero attached hydrogens (tertiary/aromatic N) is 4. The molecule has 0 bridgehead atoms. The molecule has 0 atom stereocenters. The molecule has 6 heteroatoms. The van der Waals surface area contributed by atoms with Crippen LogP contribution in [0.15, 0.2) is 6.33 Å². The molecule has 0 aliphatic carbocycles. The van der Waals surface area contributed by atoms with E-state index in [1.54, 1.807) is 0 Å². The number of likely N-dealkylation sites (tertiary alicyclic amines) is 1. The molecule has 3 heterocycles. The number of piperidine rings is 1. The zero-order valence-corrected chi connectivity index (χ0v) is 14.5. The normalized spacial score (nSPS) is 20.1. The molecule has 1 aromatic rings. The van der Waals surface area contributed by atoms with Crippen molar-refractivity contribution in [1.82, 2.24) is 14.9 Å². The molecule has 1 aromatic heterocycles. The van der Waals surface area contributed by atoms with Gasteiger partial charge >= 0.3 is 0 Å². The summed E-state index contributed by atoms with van der Waals surface area (Å²) in [4.78, 5) is 24.9. The number of carbonyl (C=O) groups is 1. The minimum Gasteiger partial charge on any atom is -0.354 e. The predicted molar refractivity (Wildman–Crippen MR) is 91.4 cm³/mol. The first kappa shape index (κ1) is 17.1. The first-order valence-electron chi connectivity index (χ1n) is 9.23. The molecule has 132 valence electrons. The second-order valence-corrected chi connectivity index (χ2v) is 6.81. The van der Waals surface area contributed by atoms with Crippen molar-refractivity contribution < 1.29 is 9.18 Å². The van der Waals surface area contributed by atoms with Gasteiger partial charge in [0.05, 0.1) is 5.69 Å². The minimum atomic E-state index is -0.308. The van der Waals surface area contributed by atoms with Crippen LogP contribution < -0.4 is 4.90 Å². The third-order valence-corrected chi connectivity index (χ3v) is 5.24. The van der Waals surface area contributed by atoms with Crippen LogP contribution >= 0.6 is 0 Å². The first-order chi connectivity index (χ1) is 11.7. The van der Waals surface area contributed by atoms with E-state index in [2.05, 4.69) is 9.97 Å². The van der Waals surface area contributed by atoms with Crippen molar-refractivity contribution in [2.45, 2.75) is 51.9 Å². The zero-order valence-electron chi connectivity index (χ0n) is 14.5. The van der Waals surface area contributed by atoms with Gasteiger partial charge in [-0.05, 0) is 32.1 Å². The molecular formula is C18H27FN4O. The van der Waals surface area contributed by atoms with Gasteiger partial charge in [-0.2, -0.15) is 0 Å². The standard InChI is InChI=1S/C18H27FN4O/c1-2-15-16(19)17(21-13-20-15)22-11-7-14(8-12-22)18(24)23-9-5-3-4-6-10-23/h13-14H,2-12H2,1H3. The number of anilines is 1. The number of halogens is 1. The Hall–Kier alpha value is -1.72. The van der Waals surface area contributed by atoms with Crippen LogP contribution in [-0.2, 0) is 11.2 Å². The Morgan fingerprint density at radius 2 is 1.79 bits per heavy atom. The summed E-state index contributed by atoms with van der Waals surface area (Å²) in [6.07, 6.45) is 8.26. The Bertz CT molecular complexity index is 564. The highest BCUT2D eigenvalue weighted by molar-refractivity contribution is 5.79. The van der Waals surface area contributed by atoms with Gasteiger partial charge in [-0.15, -0.1) is 0 Å². The van der Waals surface area contributed by atoms with Gasteiger partial charge < -0.3 is 9.80 Å².